The number of piperazine rings is 1. The molecule has 1 aromatic carbocycles. The minimum atomic E-state index is -3.94. The van der Waals surface area contributed by atoms with Crippen molar-refractivity contribution in [3.8, 4) is 0 Å². The summed E-state index contributed by atoms with van der Waals surface area (Å²) in [5.41, 5.74) is 0. The van der Waals surface area contributed by atoms with Gasteiger partial charge in [-0.15, -0.1) is 0 Å². The third kappa shape index (κ3) is 3.95. The van der Waals surface area contributed by atoms with Gasteiger partial charge in [0.25, 0.3) is 0 Å². The molecule has 0 atom stereocenters. The lowest BCUT2D eigenvalue weighted by Crippen LogP contribution is -2.46. The van der Waals surface area contributed by atoms with Crippen molar-refractivity contribution in [1.29, 1.82) is 0 Å². The highest BCUT2D eigenvalue weighted by molar-refractivity contribution is 7.89. The average Bonchev–Trinajstić information content (AvgIpc) is 2.39. The molecule has 2 rings (SSSR count). The monoisotopic (exact) mass is 305 g/mol. The molecule has 1 aliphatic heterocycles. The van der Waals surface area contributed by atoms with Crippen LogP contribution in [0, 0.1) is 11.6 Å². The summed E-state index contributed by atoms with van der Waals surface area (Å²) in [5, 5.41) is 3.19. The van der Waals surface area contributed by atoms with E-state index in [1.165, 1.54) is 0 Å². The Morgan fingerprint density at radius 3 is 2.60 bits per heavy atom. The van der Waals surface area contributed by atoms with Crippen molar-refractivity contribution >= 4 is 10.0 Å². The molecule has 1 aromatic rings. The normalized spacial score (nSPS) is 17.3. The lowest BCUT2D eigenvalue weighted by molar-refractivity contribution is 0.245. The number of benzene rings is 1. The molecule has 0 bridgehead atoms. The molecule has 1 fully saturated rings. The van der Waals surface area contributed by atoms with Gasteiger partial charge in [-0.25, -0.2) is 21.9 Å². The summed E-state index contributed by atoms with van der Waals surface area (Å²) in [5.74, 6) is -1.89. The van der Waals surface area contributed by atoms with Gasteiger partial charge in [0.15, 0.2) is 0 Å². The molecule has 0 aliphatic carbocycles. The minimum absolute atomic E-state index is 0.194. The zero-order valence-corrected chi connectivity index (χ0v) is 11.7. The van der Waals surface area contributed by atoms with Crippen molar-refractivity contribution in [2.45, 2.75) is 4.90 Å². The van der Waals surface area contributed by atoms with E-state index in [2.05, 4.69) is 14.9 Å². The van der Waals surface area contributed by atoms with Gasteiger partial charge >= 0.3 is 0 Å². The zero-order valence-electron chi connectivity index (χ0n) is 10.9. The maximum Gasteiger partial charge on any atom is 0.243 e. The molecule has 0 aromatic heterocycles. The van der Waals surface area contributed by atoms with Crippen molar-refractivity contribution in [3.05, 3.63) is 29.8 Å². The first kappa shape index (κ1) is 15.3. The first-order valence-corrected chi connectivity index (χ1v) is 7.85. The summed E-state index contributed by atoms with van der Waals surface area (Å²) in [6.07, 6.45) is 0. The molecule has 1 heterocycles. The molecule has 0 amide bonds. The highest BCUT2D eigenvalue weighted by atomic mass is 32.2. The van der Waals surface area contributed by atoms with Gasteiger partial charge in [0.05, 0.1) is 0 Å². The number of halogens is 2. The summed E-state index contributed by atoms with van der Waals surface area (Å²) in [7, 11) is -3.94. The molecule has 8 heteroatoms. The molecule has 112 valence electrons. The third-order valence-electron chi connectivity index (χ3n) is 3.11. The largest absolute Gasteiger partial charge is 0.314 e. The lowest BCUT2D eigenvalue weighted by Gasteiger charge is -2.27. The van der Waals surface area contributed by atoms with Gasteiger partial charge in [0.2, 0.25) is 10.0 Å². The Bertz CT molecular complexity index is 560. The Kier molecular flexibility index (Phi) is 5.03. The first-order chi connectivity index (χ1) is 9.49. The summed E-state index contributed by atoms with van der Waals surface area (Å²) >= 11 is 0. The maximum absolute atomic E-state index is 13.5. The third-order valence-corrected chi connectivity index (χ3v) is 4.61. The highest BCUT2D eigenvalue weighted by Crippen LogP contribution is 2.14. The SMILES string of the molecule is O=S(=O)(NCCN1CCNCC1)c1ccc(F)cc1F. The standard InChI is InChI=1S/C12H17F2N3O2S/c13-10-1-2-12(11(14)9-10)20(18,19)16-5-8-17-6-3-15-4-7-17/h1-2,9,15-16H,3-8H2. The number of nitrogens with one attached hydrogen (secondary N) is 2. The van der Waals surface area contributed by atoms with Gasteiger partial charge in [0.1, 0.15) is 16.5 Å². The van der Waals surface area contributed by atoms with Gasteiger partial charge in [-0.2, -0.15) is 0 Å². The quantitative estimate of drug-likeness (QED) is 0.813. The Balaban J connectivity index is 1.93. The molecule has 2 N–H and O–H groups in total. The van der Waals surface area contributed by atoms with E-state index in [0.29, 0.717) is 12.6 Å². The second kappa shape index (κ2) is 6.57. The highest BCUT2D eigenvalue weighted by Gasteiger charge is 2.19. The van der Waals surface area contributed by atoms with Crippen LogP contribution >= 0.6 is 0 Å². The fourth-order valence-corrected chi connectivity index (χ4v) is 3.12. The van der Waals surface area contributed by atoms with Crippen LogP contribution in [0.25, 0.3) is 0 Å². The lowest BCUT2D eigenvalue weighted by atomic mass is 10.3. The summed E-state index contributed by atoms with van der Waals surface area (Å²) in [6.45, 7) is 4.21. The first-order valence-electron chi connectivity index (χ1n) is 6.37. The Morgan fingerprint density at radius 2 is 1.95 bits per heavy atom. The minimum Gasteiger partial charge on any atom is -0.314 e. The van der Waals surface area contributed by atoms with Gasteiger partial charge in [-0.05, 0) is 12.1 Å². The molecule has 20 heavy (non-hydrogen) atoms. The van der Waals surface area contributed by atoms with E-state index >= 15 is 0 Å². The number of rotatable bonds is 5. The van der Waals surface area contributed by atoms with E-state index in [0.717, 1.165) is 38.3 Å². The van der Waals surface area contributed by atoms with Crippen LogP contribution in [0.5, 0.6) is 0 Å². The predicted octanol–water partition coefficient (Wildman–Crippen LogP) is 0.148. The number of sulfonamides is 1. The number of hydrogen-bond acceptors (Lipinski definition) is 4. The Hall–Kier alpha value is -1.09. The average molecular weight is 305 g/mol. The van der Waals surface area contributed by atoms with Crippen molar-refractivity contribution in [2.75, 3.05) is 39.3 Å². The van der Waals surface area contributed by atoms with Crippen molar-refractivity contribution in [3.63, 3.8) is 0 Å². The summed E-state index contributed by atoms with van der Waals surface area (Å²) in [4.78, 5) is 1.58. The fourth-order valence-electron chi connectivity index (χ4n) is 2.04. The number of hydrogen-bond donors (Lipinski definition) is 2. The van der Waals surface area contributed by atoms with Gasteiger partial charge in [0, 0.05) is 45.3 Å². The van der Waals surface area contributed by atoms with Gasteiger partial charge < -0.3 is 5.32 Å². The molecule has 0 radical (unpaired) electrons. The van der Waals surface area contributed by atoms with Crippen molar-refractivity contribution in [1.82, 2.24) is 14.9 Å². The van der Waals surface area contributed by atoms with Crippen LogP contribution in [-0.4, -0.2) is 52.6 Å². The van der Waals surface area contributed by atoms with E-state index in [9.17, 15) is 17.2 Å². The van der Waals surface area contributed by atoms with E-state index < -0.39 is 26.6 Å². The van der Waals surface area contributed by atoms with E-state index in [4.69, 9.17) is 0 Å². The molecule has 0 spiro atoms. The van der Waals surface area contributed by atoms with Crippen LogP contribution in [0.4, 0.5) is 8.78 Å². The summed E-state index contributed by atoms with van der Waals surface area (Å²) in [6, 6.07) is 2.41. The van der Waals surface area contributed by atoms with Crippen LogP contribution < -0.4 is 10.0 Å². The van der Waals surface area contributed by atoms with Crippen molar-refractivity contribution in [2.24, 2.45) is 0 Å². The molecule has 1 aliphatic rings. The Labute approximate surface area is 117 Å². The fraction of sp³-hybridized carbons (Fsp3) is 0.500. The summed E-state index contributed by atoms with van der Waals surface area (Å²) < 4.78 is 52.3. The zero-order chi connectivity index (χ0) is 14.6. The molecule has 1 saturated heterocycles. The molecule has 0 saturated carbocycles. The maximum atomic E-state index is 13.5. The molecular formula is C12H17F2N3O2S. The molecule has 0 unspecified atom stereocenters. The molecule has 5 nitrogen and oxygen atoms in total. The Morgan fingerprint density at radius 1 is 1.25 bits per heavy atom. The van der Waals surface area contributed by atoms with Gasteiger partial charge in [-0.3, -0.25) is 4.90 Å². The van der Waals surface area contributed by atoms with Crippen LogP contribution in [0.15, 0.2) is 23.1 Å². The van der Waals surface area contributed by atoms with Crippen LogP contribution in [0.2, 0.25) is 0 Å². The van der Waals surface area contributed by atoms with Gasteiger partial charge in [-0.1, -0.05) is 0 Å². The van der Waals surface area contributed by atoms with Crippen LogP contribution in [0.3, 0.4) is 0 Å². The van der Waals surface area contributed by atoms with E-state index in [1.54, 1.807) is 0 Å². The van der Waals surface area contributed by atoms with Crippen LogP contribution in [0.1, 0.15) is 0 Å². The second-order valence-electron chi connectivity index (χ2n) is 4.56. The predicted molar refractivity (Wildman–Crippen MR) is 70.9 cm³/mol. The smallest absolute Gasteiger partial charge is 0.243 e. The molecular weight excluding hydrogens is 288 g/mol. The van der Waals surface area contributed by atoms with Crippen LogP contribution in [-0.2, 0) is 10.0 Å². The number of nitrogens with zero attached hydrogens (tertiary/aromatic N) is 1. The van der Waals surface area contributed by atoms with Crippen molar-refractivity contribution < 1.29 is 17.2 Å². The van der Waals surface area contributed by atoms with E-state index in [1.807, 2.05) is 0 Å². The topological polar surface area (TPSA) is 61.4 Å². The van der Waals surface area contributed by atoms with E-state index in [-0.39, 0.29) is 6.54 Å². The second-order valence-corrected chi connectivity index (χ2v) is 6.30.